The largest absolute Gasteiger partial charge is 0.461 e. The molecule has 3 aromatic carbocycles. The number of nitrogens with one attached hydrogen (secondary N) is 6. The molecule has 0 spiro atoms. The molecule has 0 radical (unpaired) electrons. The van der Waals surface area contributed by atoms with Crippen molar-refractivity contribution in [3.8, 4) is 11.4 Å². The van der Waals surface area contributed by atoms with Crippen LogP contribution < -0.4 is 37.5 Å². The maximum atomic E-state index is 15.6. The number of hydrogen-bond donors (Lipinski definition) is 7. The van der Waals surface area contributed by atoms with Crippen molar-refractivity contribution >= 4 is 58.3 Å². The standard InChI is InChI=1S/C78H104FN11O20/c1-5-29-108-68(92)25-24-63(84-67(91)26-31-101-33-35-103-37-39-105-41-43-107-45-44-106-42-40-104-38-36-102-34-32-100-30-14-8-12-28-82-89-80)73(94)87-65(46-53-15-9-7-10-16-53)74(95)86-62(17-11-13-27-81-4)72(93)83-55-20-18-54(19-21-55)50-110-77(98)88-61-23-22-56-52(3)60(79)48-64-69(56)70(61)57-49-90-66(71(57)85-64)47-59-58(75(90)96)51-109-76(97)78(59,99)6-2/h5,7,9-10,15-16,18-21,47-48,61-63,65,81,99H,1,6,8,11-14,17,22-46,49-51H2,2-4H3,(H,83,93)(H,84,91)(H,86,95)(H,87,94)(H,88,98)/t61-,62-,63?,65-,78-/m0/s1. The lowest BCUT2D eigenvalue weighted by atomic mass is 9.81. The van der Waals surface area contributed by atoms with Crippen molar-refractivity contribution in [3.05, 3.63) is 151 Å². The molecule has 5 aromatic rings. The van der Waals surface area contributed by atoms with E-state index in [1.165, 1.54) is 16.7 Å². The molecule has 1 unspecified atom stereocenters. The highest BCUT2D eigenvalue weighted by Crippen LogP contribution is 2.46. The van der Waals surface area contributed by atoms with Gasteiger partial charge in [0.05, 0.1) is 134 Å². The smallest absolute Gasteiger partial charge is 0.407 e. The van der Waals surface area contributed by atoms with Gasteiger partial charge in [-0.3, -0.25) is 28.8 Å². The summed E-state index contributed by atoms with van der Waals surface area (Å²) < 4.78 is 77.7. The number of benzene rings is 3. The van der Waals surface area contributed by atoms with Crippen LogP contribution in [0, 0.1) is 12.7 Å². The maximum absolute atomic E-state index is 15.6. The van der Waals surface area contributed by atoms with Crippen molar-refractivity contribution in [2.75, 3.05) is 138 Å². The molecule has 3 aliphatic rings. The zero-order valence-corrected chi connectivity index (χ0v) is 63.0. The van der Waals surface area contributed by atoms with Crippen molar-refractivity contribution in [1.29, 1.82) is 0 Å². The van der Waals surface area contributed by atoms with Gasteiger partial charge < -0.3 is 93.7 Å². The zero-order valence-electron chi connectivity index (χ0n) is 63.0. The SMILES string of the molecule is C=CCOC(=O)CCC(NC(=O)CCOCCOCCOCCOCCOCCOCCOCCOCCCCCN=[N+]=[N-])C(=O)N[C@@H](Cc1ccccc1)C(=O)N[C@@H](CCCCNC)C(=O)Nc1ccc(COC(=O)N[C@H]2CCc3c(C)c(F)cc4nc5c(c2c34)Cn2c-5cc3c(c2=O)COC(=O)[C@]3(O)CC)cc1. The minimum absolute atomic E-state index is 0.0136. The molecular weight excluding hydrogens is 1430 g/mol. The van der Waals surface area contributed by atoms with E-state index < -0.39 is 82.8 Å². The van der Waals surface area contributed by atoms with E-state index in [1.54, 1.807) is 81.6 Å². The van der Waals surface area contributed by atoms with Crippen molar-refractivity contribution in [3.63, 3.8) is 0 Å². The second-order valence-electron chi connectivity index (χ2n) is 26.5. The summed E-state index contributed by atoms with van der Waals surface area (Å²) in [6.07, 6.45) is 4.83. The van der Waals surface area contributed by atoms with Crippen LogP contribution in [0.25, 0.3) is 32.7 Å². The van der Waals surface area contributed by atoms with Gasteiger partial charge in [-0.15, -0.1) is 0 Å². The lowest BCUT2D eigenvalue weighted by Gasteiger charge is -2.31. The molecule has 0 fully saturated rings. The van der Waals surface area contributed by atoms with Gasteiger partial charge in [-0.05, 0) is 130 Å². The number of unbranched alkanes of at least 4 members (excludes halogenated alkanes) is 3. The van der Waals surface area contributed by atoms with E-state index in [0.717, 1.165) is 24.8 Å². The zero-order chi connectivity index (χ0) is 78.5. The molecule has 598 valence electrons. The molecule has 110 heavy (non-hydrogen) atoms. The average Bonchev–Trinajstić information content (AvgIpc) is 1.50. The van der Waals surface area contributed by atoms with Crippen LogP contribution in [0.4, 0.5) is 14.9 Å². The summed E-state index contributed by atoms with van der Waals surface area (Å²) in [5.74, 6) is -4.54. The van der Waals surface area contributed by atoms with E-state index in [1.807, 2.05) is 0 Å². The summed E-state index contributed by atoms with van der Waals surface area (Å²) in [4.78, 5) is 118. The van der Waals surface area contributed by atoms with E-state index in [9.17, 15) is 43.5 Å². The molecule has 0 saturated heterocycles. The predicted molar refractivity (Wildman–Crippen MR) is 402 cm³/mol. The number of fused-ring (bicyclic) bond motifs is 5. The minimum atomic E-state index is -2.06. The van der Waals surface area contributed by atoms with Crippen molar-refractivity contribution < 1.29 is 95.2 Å². The number of aliphatic hydroxyl groups is 1. The molecule has 8 rings (SSSR count). The summed E-state index contributed by atoms with van der Waals surface area (Å²) in [6.45, 7) is 13.4. The Morgan fingerprint density at radius 1 is 0.727 bits per heavy atom. The summed E-state index contributed by atoms with van der Waals surface area (Å²) in [5.41, 5.74) is 11.1. The second kappa shape index (κ2) is 46.4. The summed E-state index contributed by atoms with van der Waals surface area (Å²) in [6, 6.07) is 14.0. The number of amides is 5. The average molecular weight is 1530 g/mol. The first kappa shape index (κ1) is 86.3. The van der Waals surface area contributed by atoms with Crippen molar-refractivity contribution in [1.82, 2.24) is 36.1 Å². The van der Waals surface area contributed by atoms with Crippen LogP contribution in [0.1, 0.15) is 128 Å². The van der Waals surface area contributed by atoms with Gasteiger partial charge in [0.2, 0.25) is 23.6 Å². The van der Waals surface area contributed by atoms with Crippen LogP contribution in [0.2, 0.25) is 0 Å². The van der Waals surface area contributed by atoms with Crippen LogP contribution >= 0.6 is 0 Å². The van der Waals surface area contributed by atoms with Gasteiger partial charge in [-0.25, -0.2) is 19.0 Å². The number of carbonyl (C=O) groups excluding carboxylic acids is 7. The van der Waals surface area contributed by atoms with Gasteiger partial charge in [-0.1, -0.05) is 73.6 Å². The first-order valence-electron chi connectivity index (χ1n) is 37.6. The maximum Gasteiger partial charge on any atom is 0.407 e. The van der Waals surface area contributed by atoms with Crippen molar-refractivity contribution in [2.45, 2.75) is 147 Å². The molecule has 0 bridgehead atoms. The summed E-state index contributed by atoms with van der Waals surface area (Å²) in [5, 5.41) is 33.0. The fourth-order valence-corrected chi connectivity index (χ4v) is 12.9. The van der Waals surface area contributed by atoms with Gasteiger partial charge in [-0.2, -0.15) is 0 Å². The number of cyclic esters (lactones) is 1. The number of azide groups is 1. The monoisotopic (exact) mass is 1530 g/mol. The van der Waals surface area contributed by atoms with Crippen molar-refractivity contribution in [2.24, 2.45) is 5.11 Å². The fraction of sp³-hybridized carbons (Fsp3) is 0.551. The number of alkyl carbamates (subject to hydrolysis) is 1. The van der Waals surface area contributed by atoms with Crippen LogP contribution in [-0.4, -0.2) is 207 Å². The normalized spacial score (nSPS) is 15.4. The van der Waals surface area contributed by atoms with Gasteiger partial charge in [0, 0.05) is 65.6 Å². The minimum Gasteiger partial charge on any atom is -0.461 e. The van der Waals surface area contributed by atoms with Crippen LogP contribution in [-0.2, 0) is 119 Å². The van der Waals surface area contributed by atoms with Gasteiger partial charge in [0.25, 0.3) is 5.56 Å². The lowest BCUT2D eigenvalue weighted by Crippen LogP contribution is -2.57. The molecule has 2 aromatic heterocycles. The third-order valence-electron chi connectivity index (χ3n) is 18.8. The Morgan fingerprint density at radius 2 is 1.35 bits per heavy atom. The Morgan fingerprint density at radius 3 is 1.97 bits per heavy atom. The fourth-order valence-electron chi connectivity index (χ4n) is 12.9. The molecule has 2 aliphatic heterocycles. The number of halogens is 1. The Labute approximate surface area is 638 Å². The number of hydrogen-bond acceptors (Lipinski definition) is 23. The highest BCUT2D eigenvalue weighted by atomic mass is 19.1. The number of nitrogens with zero attached hydrogens (tertiary/aromatic N) is 5. The molecular formula is C78H104FN11O20. The summed E-state index contributed by atoms with van der Waals surface area (Å²) >= 11 is 0. The number of esters is 2. The van der Waals surface area contributed by atoms with E-state index in [2.05, 4.69) is 48.5 Å². The van der Waals surface area contributed by atoms with E-state index in [-0.39, 0.29) is 95.8 Å². The molecule has 0 saturated carbocycles. The highest BCUT2D eigenvalue weighted by molar-refractivity contribution is 5.99. The number of aromatic nitrogens is 2. The number of aryl methyl sites for hydroxylation is 1. The van der Waals surface area contributed by atoms with E-state index in [0.29, 0.717) is 180 Å². The molecule has 32 heteroatoms. The van der Waals surface area contributed by atoms with Gasteiger partial charge in [0.15, 0.2) is 5.60 Å². The number of rotatable bonds is 53. The topological polar surface area (TPSA) is 397 Å². The van der Waals surface area contributed by atoms with E-state index >= 15 is 4.39 Å². The highest BCUT2D eigenvalue weighted by Gasteiger charge is 2.46. The first-order chi connectivity index (χ1) is 53.5. The Kier molecular flexibility index (Phi) is 36.4. The van der Waals surface area contributed by atoms with Gasteiger partial charge >= 0.3 is 18.0 Å². The summed E-state index contributed by atoms with van der Waals surface area (Å²) in [7, 11) is 1.80. The number of ether oxygens (including phenoxy) is 11. The third-order valence-corrected chi connectivity index (χ3v) is 18.8. The van der Waals surface area contributed by atoms with E-state index in [4.69, 9.17) is 62.6 Å². The Bertz CT molecular complexity index is 3980. The first-order valence-corrected chi connectivity index (χ1v) is 37.6. The molecule has 5 atom stereocenters. The second-order valence-corrected chi connectivity index (χ2v) is 26.5. The predicted octanol–water partition coefficient (Wildman–Crippen LogP) is 6.98. The van der Waals surface area contributed by atoms with Crippen LogP contribution in [0.5, 0.6) is 0 Å². The Hall–Kier alpha value is -9.31. The molecule has 4 heterocycles. The molecule has 5 amide bonds. The van der Waals surface area contributed by atoms with Crippen LogP contribution in [0.3, 0.4) is 0 Å². The Balaban J connectivity index is 0.778. The number of carbonyl (C=O) groups is 7. The quantitative estimate of drug-likeness (QED) is 0.00385. The molecule has 31 nitrogen and oxygen atoms in total. The van der Waals surface area contributed by atoms with Crippen LogP contribution in [0.15, 0.2) is 89.3 Å². The number of anilines is 1. The third kappa shape index (κ3) is 26.2. The van der Waals surface area contributed by atoms with Gasteiger partial charge in [0.1, 0.15) is 43.8 Å². The number of pyridine rings is 2. The lowest BCUT2D eigenvalue weighted by molar-refractivity contribution is -0.172. The molecule has 7 N–H and O–H groups in total. The molecule has 1 aliphatic carbocycles.